The molecule has 9 N–H and O–H groups in total. The van der Waals surface area contributed by atoms with Crippen molar-refractivity contribution in [1.82, 2.24) is 16.0 Å². The third-order valence-corrected chi connectivity index (χ3v) is 4.49. The van der Waals surface area contributed by atoms with Gasteiger partial charge in [0.2, 0.25) is 17.7 Å². The number of amides is 3. The number of aliphatic carboxylic acids is 2. The van der Waals surface area contributed by atoms with Crippen molar-refractivity contribution in [3.63, 3.8) is 0 Å². The van der Waals surface area contributed by atoms with E-state index in [1.165, 1.54) is 11.8 Å². The van der Waals surface area contributed by atoms with Crippen molar-refractivity contribution in [2.45, 2.75) is 50.0 Å². The van der Waals surface area contributed by atoms with E-state index in [1.54, 1.807) is 6.26 Å². The lowest BCUT2D eigenvalue weighted by molar-refractivity contribution is -0.144. The summed E-state index contributed by atoms with van der Waals surface area (Å²) in [5.41, 5.74) is 5.69. The lowest BCUT2D eigenvalue weighted by atomic mass is 10.1. The second-order valence-electron chi connectivity index (χ2n) is 6.36. The Morgan fingerprint density at radius 3 is 1.97 bits per heavy atom. The highest BCUT2D eigenvalue weighted by molar-refractivity contribution is 7.98. The molecule has 0 aliphatic carbocycles. The summed E-state index contributed by atoms with van der Waals surface area (Å²) in [6.07, 6.45) is -0.245. The second-order valence-corrected chi connectivity index (χ2v) is 7.34. The lowest BCUT2D eigenvalue weighted by Gasteiger charge is -2.25. The minimum Gasteiger partial charge on any atom is -0.481 e. The fraction of sp³-hybridized carbons (Fsp3) is 0.688. The molecule has 0 heterocycles. The molecule has 14 heteroatoms. The molecule has 0 saturated carbocycles. The Morgan fingerprint density at radius 1 is 0.967 bits per heavy atom. The van der Waals surface area contributed by atoms with E-state index < -0.39 is 73.0 Å². The van der Waals surface area contributed by atoms with Crippen LogP contribution < -0.4 is 21.7 Å². The van der Waals surface area contributed by atoms with Crippen molar-refractivity contribution >= 4 is 41.4 Å². The molecule has 0 aromatic heterocycles. The number of nitrogens with two attached hydrogens (primary N) is 1. The molecule has 0 bridgehead atoms. The van der Waals surface area contributed by atoms with Crippen LogP contribution >= 0.6 is 11.8 Å². The zero-order valence-electron chi connectivity index (χ0n) is 16.5. The first kappa shape index (κ1) is 27.6. The van der Waals surface area contributed by atoms with Crippen LogP contribution in [-0.2, 0) is 24.0 Å². The molecule has 3 amide bonds. The number of hydrogen-bond donors (Lipinski definition) is 8. The number of nitrogens with one attached hydrogen (secondary N) is 3. The highest BCUT2D eigenvalue weighted by atomic mass is 32.2. The van der Waals surface area contributed by atoms with Gasteiger partial charge in [-0.15, -0.1) is 0 Å². The van der Waals surface area contributed by atoms with Crippen molar-refractivity contribution in [3.8, 4) is 0 Å². The molecule has 0 radical (unpaired) electrons. The van der Waals surface area contributed by atoms with Crippen LogP contribution in [0.1, 0.15) is 19.8 Å². The zero-order valence-corrected chi connectivity index (χ0v) is 17.3. The van der Waals surface area contributed by atoms with Crippen LogP contribution in [0.25, 0.3) is 0 Å². The van der Waals surface area contributed by atoms with E-state index in [-0.39, 0.29) is 6.42 Å². The van der Waals surface area contributed by atoms with Gasteiger partial charge in [-0.2, -0.15) is 11.8 Å². The van der Waals surface area contributed by atoms with Crippen LogP contribution in [0, 0.1) is 0 Å². The maximum atomic E-state index is 12.5. The maximum Gasteiger partial charge on any atom is 0.328 e. The second kappa shape index (κ2) is 13.7. The molecule has 5 unspecified atom stereocenters. The molecule has 0 aliphatic heterocycles. The van der Waals surface area contributed by atoms with Crippen molar-refractivity contribution in [2.75, 3.05) is 18.6 Å². The van der Waals surface area contributed by atoms with Crippen molar-refractivity contribution in [1.29, 1.82) is 0 Å². The summed E-state index contributed by atoms with van der Waals surface area (Å²) in [5.74, 6) is -5.40. The Labute approximate surface area is 176 Å². The molecule has 0 aromatic carbocycles. The summed E-state index contributed by atoms with van der Waals surface area (Å²) < 4.78 is 0. The Bertz CT molecular complexity index is 632. The van der Waals surface area contributed by atoms with Gasteiger partial charge in [0.15, 0.2) is 0 Å². The molecule has 13 nitrogen and oxygen atoms in total. The quantitative estimate of drug-likeness (QED) is 0.129. The van der Waals surface area contributed by atoms with Crippen LogP contribution in [0.2, 0.25) is 0 Å². The molecular formula is C16H28N4O9S. The number of hydrogen-bond acceptors (Lipinski definition) is 9. The van der Waals surface area contributed by atoms with Gasteiger partial charge in [0.1, 0.15) is 18.1 Å². The first-order valence-corrected chi connectivity index (χ1v) is 10.2. The Hall–Kier alpha value is -2.42. The summed E-state index contributed by atoms with van der Waals surface area (Å²) in [5, 5.41) is 42.8. The van der Waals surface area contributed by atoms with Gasteiger partial charge in [-0.1, -0.05) is 0 Å². The molecule has 172 valence electrons. The number of carbonyl (C=O) groups is 5. The molecule has 0 saturated heterocycles. The fourth-order valence-corrected chi connectivity index (χ4v) is 2.63. The molecule has 0 aliphatic rings. The van der Waals surface area contributed by atoms with Gasteiger partial charge in [-0.25, -0.2) is 4.79 Å². The number of carbonyl (C=O) groups excluding carboxylic acids is 3. The monoisotopic (exact) mass is 452 g/mol. The average molecular weight is 452 g/mol. The third kappa shape index (κ3) is 9.87. The van der Waals surface area contributed by atoms with Crippen LogP contribution in [0.5, 0.6) is 0 Å². The van der Waals surface area contributed by atoms with Crippen LogP contribution in [-0.4, -0.2) is 99.0 Å². The van der Waals surface area contributed by atoms with Gasteiger partial charge in [0.05, 0.1) is 25.2 Å². The van der Waals surface area contributed by atoms with Crippen molar-refractivity contribution < 1.29 is 44.4 Å². The molecule has 0 aromatic rings. The lowest BCUT2D eigenvalue weighted by Crippen LogP contribution is -2.60. The van der Waals surface area contributed by atoms with Crippen LogP contribution in [0.15, 0.2) is 0 Å². The Kier molecular flexibility index (Phi) is 12.6. The summed E-state index contributed by atoms with van der Waals surface area (Å²) in [4.78, 5) is 58.8. The number of aliphatic hydroxyl groups excluding tert-OH is 2. The number of carboxylic acids is 2. The topological polar surface area (TPSA) is 228 Å². The van der Waals surface area contributed by atoms with Gasteiger partial charge in [-0.05, 0) is 25.4 Å². The number of thioether (sulfide) groups is 1. The SMILES string of the molecule is CSCCC(N)C(=O)NC(CC(=O)O)C(=O)NC(C(=O)NC(CO)C(=O)O)C(C)O. The minimum absolute atomic E-state index is 0.283. The highest BCUT2D eigenvalue weighted by Crippen LogP contribution is 2.03. The van der Waals surface area contributed by atoms with Gasteiger partial charge in [-0.3, -0.25) is 19.2 Å². The van der Waals surface area contributed by atoms with E-state index in [0.29, 0.717) is 5.75 Å². The smallest absolute Gasteiger partial charge is 0.328 e. The number of carboxylic acid groups (broad SMARTS) is 2. The molecule has 0 fully saturated rings. The molecular weight excluding hydrogens is 424 g/mol. The summed E-state index contributed by atoms with van der Waals surface area (Å²) in [7, 11) is 0. The van der Waals surface area contributed by atoms with Crippen LogP contribution in [0.4, 0.5) is 0 Å². The molecule has 5 atom stereocenters. The predicted octanol–water partition coefficient (Wildman–Crippen LogP) is -3.55. The van der Waals surface area contributed by atoms with Crippen LogP contribution in [0.3, 0.4) is 0 Å². The minimum atomic E-state index is -1.68. The fourth-order valence-electron chi connectivity index (χ4n) is 2.14. The molecule has 0 spiro atoms. The zero-order chi connectivity index (χ0) is 23.4. The van der Waals surface area contributed by atoms with E-state index >= 15 is 0 Å². The van der Waals surface area contributed by atoms with Gasteiger partial charge in [0.25, 0.3) is 0 Å². The van der Waals surface area contributed by atoms with Gasteiger partial charge < -0.3 is 42.1 Å². The highest BCUT2D eigenvalue weighted by Gasteiger charge is 2.33. The summed E-state index contributed by atoms with van der Waals surface area (Å²) in [6, 6.07) is -5.94. The predicted molar refractivity (Wildman–Crippen MR) is 105 cm³/mol. The van der Waals surface area contributed by atoms with E-state index in [1.807, 2.05) is 5.32 Å². The molecule has 0 rings (SSSR count). The first-order chi connectivity index (χ1) is 13.9. The van der Waals surface area contributed by atoms with Gasteiger partial charge in [0, 0.05) is 0 Å². The van der Waals surface area contributed by atoms with E-state index in [9.17, 15) is 29.1 Å². The van der Waals surface area contributed by atoms with Crippen molar-refractivity contribution in [2.24, 2.45) is 5.73 Å². The largest absolute Gasteiger partial charge is 0.481 e. The summed E-state index contributed by atoms with van der Waals surface area (Å²) in [6.45, 7) is 0.190. The standard InChI is InChI=1S/C16H28N4O9S/c1-7(22)12(15(27)19-10(6-21)16(28)29)20-14(26)9(5-11(23)24)18-13(25)8(17)3-4-30-2/h7-10,12,21-22H,3-6,17H2,1-2H3,(H,18,25)(H,19,27)(H,20,26)(H,23,24)(H,28,29). The summed E-state index contributed by atoms with van der Waals surface area (Å²) >= 11 is 1.44. The Balaban J connectivity index is 5.31. The maximum absolute atomic E-state index is 12.5. The number of aliphatic hydroxyl groups is 2. The number of rotatable bonds is 14. The van der Waals surface area contributed by atoms with Gasteiger partial charge >= 0.3 is 11.9 Å². The van der Waals surface area contributed by atoms with E-state index in [4.69, 9.17) is 21.1 Å². The first-order valence-electron chi connectivity index (χ1n) is 8.83. The van der Waals surface area contributed by atoms with E-state index in [2.05, 4.69) is 10.6 Å². The van der Waals surface area contributed by atoms with E-state index in [0.717, 1.165) is 6.92 Å². The van der Waals surface area contributed by atoms with Crippen molar-refractivity contribution in [3.05, 3.63) is 0 Å². The average Bonchev–Trinajstić information content (AvgIpc) is 2.66. The third-order valence-electron chi connectivity index (χ3n) is 3.84. The molecule has 30 heavy (non-hydrogen) atoms. The Morgan fingerprint density at radius 2 is 1.53 bits per heavy atom. The normalized spacial score (nSPS) is 15.8.